The number of aryl methyl sites for hydroxylation is 1. The first-order chi connectivity index (χ1) is 12.0. The van der Waals surface area contributed by atoms with Crippen molar-refractivity contribution in [3.05, 3.63) is 71.9 Å². The van der Waals surface area contributed by atoms with Crippen molar-refractivity contribution in [2.24, 2.45) is 0 Å². The van der Waals surface area contributed by atoms with Gasteiger partial charge in [-0.25, -0.2) is 0 Å². The number of nitrogens with zero attached hydrogens (tertiary/aromatic N) is 1. The third-order valence-electron chi connectivity index (χ3n) is 4.60. The predicted octanol–water partition coefficient (Wildman–Crippen LogP) is 5.40. The van der Waals surface area contributed by atoms with E-state index >= 15 is 0 Å². The molecule has 1 N–H and O–H groups in total. The Labute approximate surface area is 151 Å². The van der Waals surface area contributed by atoms with Gasteiger partial charge in [-0.3, -0.25) is 0 Å². The Balaban J connectivity index is 1.69. The average Bonchev–Trinajstić information content (AvgIpc) is 2.93. The van der Waals surface area contributed by atoms with E-state index < -0.39 is 0 Å². The van der Waals surface area contributed by atoms with Gasteiger partial charge < -0.3 is 9.88 Å². The molecule has 0 unspecified atom stereocenters. The summed E-state index contributed by atoms with van der Waals surface area (Å²) >= 11 is 0. The van der Waals surface area contributed by atoms with Crippen LogP contribution in [-0.4, -0.2) is 16.7 Å². The summed E-state index contributed by atoms with van der Waals surface area (Å²) < 4.78 is 2.40. The van der Waals surface area contributed by atoms with Crippen molar-refractivity contribution in [1.29, 1.82) is 0 Å². The van der Waals surface area contributed by atoms with Gasteiger partial charge in [-0.1, -0.05) is 48.5 Å². The highest BCUT2D eigenvalue weighted by Crippen LogP contribution is 2.24. The molecule has 0 spiro atoms. The Morgan fingerprint density at radius 2 is 1.60 bits per heavy atom. The second-order valence-corrected chi connectivity index (χ2v) is 7.92. The molecule has 0 aliphatic heterocycles. The lowest BCUT2D eigenvalue weighted by Crippen LogP contribution is -2.36. The number of rotatable bonds is 7. The van der Waals surface area contributed by atoms with Gasteiger partial charge in [0.1, 0.15) is 0 Å². The lowest BCUT2D eigenvalue weighted by molar-refractivity contribution is 0.419. The van der Waals surface area contributed by atoms with Gasteiger partial charge in [-0.15, -0.1) is 0 Å². The molecule has 0 bridgehead atoms. The summed E-state index contributed by atoms with van der Waals surface area (Å²) in [6, 6.07) is 19.5. The molecule has 0 aliphatic carbocycles. The third kappa shape index (κ3) is 4.96. The standard InChI is InChI=1S/C23H30N2/c1-23(2,3)24-16-10-9-13-20-18-25(17-19-11-5-4-6-12-19)22-15-8-7-14-21(20)22/h4-8,11-12,14-15,18,24H,9-10,13,16-17H2,1-3H3. The summed E-state index contributed by atoms with van der Waals surface area (Å²) in [5.41, 5.74) is 4.38. The van der Waals surface area contributed by atoms with Crippen LogP contribution >= 0.6 is 0 Å². The van der Waals surface area contributed by atoms with Crippen LogP contribution in [0.3, 0.4) is 0 Å². The third-order valence-corrected chi connectivity index (χ3v) is 4.60. The number of unbranched alkanes of at least 4 members (excludes halogenated alkanes) is 1. The molecule has 132 valence electrons. The summed E-state index contributed by atoms with van der Waals surface area (Å²) in [7, 11) is 0. The fourth-order valence-electron chi connectivity index (χ4n) is 3.34. The Morgan fingerprint density at radius 3 is 2.36 bits per heavy atom. The molecule has 1 aromatic heterocycles. The van der Waals surface area contributed by atoms with E-state index in [0.29, 0.717) is 0 Å². The lowest BCUT2D eigenvalue weighted by atomic mass is 10.1. The molecule has 0 amide bonds. The van der Waals surface area contributed by atoms with Crippen LogP contribution in [-0.2, 0) is 13.0 Å². The molecule has 3 aromatic rings. The van der Waals surface area contributed by atoms with E-state index in [1.165, 1.54) is 34.9 Å². The first-order valence-electron chi connectivity index (χ1n) is 9.39. The second kappa shape index (κ2) is 7.88. The zero-order valence-corrected chi connectivity index (χ0v) is 15.8. The lowest BCUT2D eigenvalue weighted by Gasteiger charge is -2.20. The van der Waals surface area contributed by atoms with E-state index in [0.717, 1.165) is 19.5 Å². The maximum absolute atomic E-state index is 3.58. The summed E-state index contributed by atoms with van der Waals surface area (Å²) in [6.45, 7) is 8.71. The highest BCUT2D eigenvalue weighted by Gasteiger charge is 2.10. The van der Waals surface area contributed by atoms with Gasteiger partial charge in [0.15, 0.2) is 0 Å². The zero-order valence-electron chi connectivity index (χ0n) is 15.8. The van der Waals surface area contributed by atoms with Gasteiger partial charge in [-0.2, -0.15) is 0 Å². The first-order valence-corrected chi connectivity index (χ1v) is 9.39. The predicted molar refractivity (Wildman–Crippen MR) is 108 cm³/mol. The molecular weight excluding hydrogens is 304 g/mol. The molecule has 0 fully saturated rings. The summed E-state index contributed by atoms with van der Waals surface area (Å²) in [5, 5.41) is 4.98. The molecular formula is C23H30N2. The van der Waals surface area contributed by atoms with Crippen molar-refractivity contribution >= 4 is 10.9 Å². The molecule has 1 heterocycles. The van der Waals surface area contributed by atoms with Crippen LogP contribution in [0.5, 0.6) is 0 Å². The highest BCUT2D eigenvalue weighted by molar-refractivity contribution is 5.84. The number of benzene rings is 2. The van der Waals surface area contributed by atoms with E-state index in [9.17, 15) is 0 Å². The molecule has 0 saturated heterocycles. The molecule has 2 heteroatoms. The molecule has 3 rings (SSSR count). The van der Waals surface area contributed by atoms with Gasteiger partial charge in [-0.05, 0) is 63.8 Å². The zero-order chi connectivity index (χ0) is 17.7. The quantitative estimate of drug-likeness (QED) is 0.572. The maximum Gasteiger partial charge on any atom is 0.0486 e. The van der Waals surface area contributed by atoms with Gasteiger partial charge in [0, 0.05) is 29.2 Å². The Bertz CT molecular complexity index is 794. The van der Waals surface area contributed by atoms with Gasteiger partial charge in [0.05, 0.1) is 0 Å². The topological polar surface area (TPSA) is 17.0 Å². The minimum atomic E-state index is 0.214. The molecule has 2 aromatic carbocycles. The van der Waals surface area contributed by atoms with Crippen molar-refractivity contribution in [3.63, 3.8) is 0 Å². The van der Waals surface area contributed by atoms with E-state index in [1.54, 1.807) is 0 Å². The van der Waals surface area contributed by atoms with Crippen molar-refractivity contribution in [1.82, 2.24) is 9.88 Å². The van der Waals surface area contributed by atoms with Crippen LogP contribution in [0.15, 0.2) is 60.8 Å². The summed E-state index contributed by atoms with van der Waals surface area (Å²) in [6.07, 6.45) is 5.95. The average molecular weight is 335 g/mol. The Kier molecular flexibility index (Phi) is 5.60. The smallest absolute Gasteiger partial charge is 0.0486 e. The fraction of sp³-hybridized carbons (Fsp3) is 0.391. The number of fused-ring (bicyclic) bond motifs is 1. The van der Waals surface area contributed by atoms with Gasteiger partial charge in [0.2, 0.25) is 0 Å². The van der Waals surface area contributed by atoms with Gasteiger partial charge >= 0.3 is 0 Å². The van der Waals surface area contributed by atoms with Crippen LogP contribution in [0.4, 0.5) is 0 Å². The van der Waals surface area contributed by atoms with Crippen molar-refractivity contribution in [3.8, 4) is 0 Å². The number of hydrogen-bond donors (Lipinski definition) is 1. The van der Waals surface area contributed by atoms with Crippen molar-refractivity contribution in [2.45, 2.75) is 52.1 Å². The number of aromatic nitrogens is 1. The molecule has 25 heavy (non-hydrogen) atoms. The van der Waals surface area contributed by atoms with Gasteiger partial charge in [0.25, 0.3) is 0 Å². The number of para-hydroxylation sites is 1. The largest absolute Gasteiger partial charge is 0.343 e. The van der Waals surface area contributed by atoms with E-state index in [2.05, 4.69) is 91.4 Å². The number of hydrogen-bond acceptors (Lipinski definition) is 1. The van der Waals surface area contributed by atoms with Crippen LogP contribution < -0.4 is 5.32 Å². The van der Waals surface area contributed by atoms with Crippen LogP contribution in [0.25, 0.3) is 10.9 Å². The molecule has 0 saturated carbocycles. The SMILES string of the molecule is CC(C)(C)NCCCCc1cn(Cc2ccccc2)c2ccccc12. The monoisotopic (exact) mass is 334 g/mol. The van der Waals surface area contributed by atoms with Crippen molar-refractivity contribution < 1.29 is 0 Å². The highest BCUT2D eigenvalue weighted by atomic mass is 15.0. The Hall–Kier alpha value is -2.06. The summed E-state index contributed by atoms with van der Waals surface area (Å²) in [4.78, 5) is 0. The minimum Gasteiger partial charge on any atom is -0.343 e. The second-order valence-electron chi connectivity index (χ2n) is 7.92. The fourth-order valence-corrected chi connectivity index (χ4v) is 3.34. The maximum atomic E-state index is 3.58. The molecule has 0 atom stereocenters. The molecule has 0 radical (unpaired) electrons. The number of nitrogens with one attached hydrogen (secondary N) is 1. The van der Waals surface area contributed by atoms with E-state index in [-0.39, 0.29) is 5.54 Å². The normalized spacial score (nSPS) is 12.0. The molecule has 2 nitrogen and oxygen atoms in total. The van der Waals surface area contributed by atoms with Crippen molar-refractivity contribution in [2.75, 3.05) is 6.54 Å². The first kappa shape index (κ1) is 17.8. The van der Waals surface area contributed by atoms with Crippen LogP contribution in [0, 0.1) is 0 Å². The van der Waals surface area contributed by atoms with E-state index in [1.807, 2.05) is 0 Å². The Morgan fingerprint density at radius 1 is 0.880 bits per heavy atom. The van der Waals surface area contributed by atoms with Crippen LogP contribution in [0.1, 0.15) is 44.7 Å². The van der Waals surface area contributed by atoms with E-state index in [4.69, 9.17) is 0 Å². The minimum absolute atomic E-state index is 0.214. The summed E-state index contributed by atoms with van der Waals surface area (Å²) in [5.74, 6) is 0. The van der Waals surface area contributed by atoms with Crippen LogP contribution in [0.2, 0.25) is 0 Å². The molecule has 0 aliphatic rings.